The summed E-state index contributed by atoms with van der Waals surface area (Å²) >= 11 is 0. The number of amides is 2. The lowest BCUT2D eigenvalue weighted by Gasteiger charge is -2.32. The van der Waals surface area contributed by atoms with Crippen molar-refractivity contribution in [2.75, 3.05) is 20.3 Å². The lowest BCUT2D eigenvalue weighted by atomic mass is 10.0. The molecule has 3 aromatic carbocycles. The Bertz CT molecular complexity index is 1130. The van der Waals surface area contributed by atoms with Crippen molar-refractivity contribution in [2.45, 2.75) is 39.8 Å². The molecule has 1 N–H and O–H groups in total. The number of hydrogen-bond acceptors (Lipinski definition) is 4. The number of methoxy groups -OCH3 is 1. The normalized spacial score (nSPS) is 11.6. The molecule has 0 aliphatic carbocycles. The Morgan fingerprint density at radius 1 is 0.917 bits per heavy atom. The van der Waals surface area contributed by atoms with Gasteiger partial charge in [0.1, 0.15) is 17.5 Å². The molecule has 0 aliphatic heterocycles. The first-order valence-electron chi connectivity index (χ1n) is 12.3. The maximum atomic E-state index is 13.7. The zero-order valence-corrected chi connectivity index (χ0v) is 21.6. The summed E-state index contributed by atoms with van der Waals surface area (Å²) in [5, 5.41) is 3.03. The number of para-hydroxylation sites is 1. The number of hydrogen-bond donors (Lipinski definition) is 1. The van der Waals surface area contributed by atoms with Crippen molar-refractivity contribution >= 4 is 11.8 Å². The summed E-state index contributed by atoms with van der Waals surface area (Å²) in [7, 11) is 1.61. The van der Waals surface area contributed by atoms with Crippen LogP contribution in [0, 0.1) is 12.8 Å². The SMILES string of the molecule is COc1cccc(CN(C(=O)COc2ccccc2C)C(Cc2ccccc2)C(=O)NCC(C)C)c1. The van der Waals surface area contributed by atoms with Crippen molar-refractivity contribution in [2.24, 2.45) is 5.92 Å². The summed E-state index contributed by atoms with van der Waals surface area (Å²) in [6.45, 7) is 6.64. The van der Waals surface area contributed by atoms with Crippen LogP contribution in [0.15, 0.2) is 78.9 Å². The van der Waals surface area contributed by atoms with Crippen LogP contribution in [-0.2, 0) is 22.6 Å². The summed E-state index contributed by atoms with van der Waals surface area (Å²) in [5.74, 6) is 1.19. The zero-order valence-electron chi connectivity index (χ0n) is 21.6. The first kappa shape index (κ1) is 26.8. The Hall–Kier alpha value is -3.80. The van der Waals surface area contributed by atoms with Gasteiger partial charge in [-0.2, -0.15) is 0 Å². The number of carbonyl (C=O) groups excluding carboxylic acids is 2. The van der Waals surface area contributed by atoms with Gasteiger partial charge in [0.05, 0.1) is 7.11 Å². The smallest absolute Gasteiger partial charge is 0.261 e. The van der Waals surface area contributed by atoms with Gasteiger partial charge in [-0.3, -0.25) is 9.59 Å². The third kappa shape index (κ3) is 7.87. The van der Waals surface area contributed by atoms with Gasteiger partial charge in [0.15, 0.2) is 6.61 Å². The van der Waals surface area contributed by atoms with Crippen LogP contribution in [0.25, 0.3) is 0 Å². The molecule has 3 aromatic rings. The molecule has 190 valence electrons. The quantitative estimate of drug-likeness (QED) is 0.398. The van der Waals surface area contributed by atoms with Crippen LogP contribution >= 0.6 is 0 Å². The number of aryl methyl sites for hydroxylation is 1. The third-order valence-electron chi connectivity index (χ3n) is 5.89. The highest BCUT2D eigenvalue weighted by atomic mass is 16.5. The highest BCUT2D eigenvalue weighted by Crippen LogP contribution is 2.20. The highest BCUT2D eigenvalue weighted by Gasteiger charge is 2.31. The first-order valence-corrected chi connectivity index (χ1v) is 12.3. The van der Waals surface area contributed by atoms with E-state index >= 15 is 0 Å². The molecule has 1 atom stereocenters. The van der Waals surface area contributed by atoms with Gasteiger partial charge in [-0.25, -0.2) is 0 Å². The summed E-state index contributed by atoms with van der Waals surface area (Å²) in [5.41, 5.74) is 2.79. The molecule has 0 fully saturated rings. The van der Waals surface area contributed by atoms with Gasteiger partial charge in [-0.15, -0.1) is 0 Å². The minimum Gasteiger partial charge on any atom is -0.497 e. The lowest BCUT2D eigenvalue weighted by Crippen LogP contribution is -2.52. The molecule has 6 heteroatoms. The zero-order chi connectivity index (χ0) is 25.9. The third-order valence-corrected chi connectivity index (χ3v) is 5.89. The lowest BCUT2D eigenvalue weighted by molar-refractivity contribution is -0.142. The molecule has 1 unspecified atom stereocenters. The molecular weight excluding hydrogens is 452 g/mol. The Morgan fingerprint density at radius 2 is 1.61 bits per heavy atom. The van der Waals surface area contributed by atoms with Crippen LogP contribution in [-0.4, -0.2) is 43.0 Å². The van der Waals surface area contributed by atoms with E-state index < -0.39 is 6.04 Å². The molecule has 0 saturated carbocycles. The van der Waals surface area contributed by atoms with Crippen molar-refractivity contribution in [3.8, 4) is 11.5 Å². The molecule has 0 bridgehead atoms. The van der Waals surface area contributed by atoms with Crippen LogP contribution in [0.4, 0.5) is 0 Å². The predicted molar refractivity (Wildman–Crippen MR) is 142 cm³/mol. The first-order chi connectivity index (χ1) is 17.4. The van der Waals surface area contributed by atoms with Gasteiger partial charge >= 0.3 is 0 Å². The fourth-order valence-electron chi connectivity index (χ4n) is 3.88. The second-order valence-corrected chi connectivity index (χ2v) is 9.27. The predicted octanol–water partition coefficient (Wildman–Crippen LogP) is 4.79. The summed E-state index contributed by atoms with van der Waals surface area (Å²) in [6.07, 6.45) is 0.394. The number of carbonyl (C=O) groups is 2. The molecule has 36 heavy (non-hydrogen) atoms. The Labute approximate surface area is 214 Å². The molecule has 0 aromatic heterocycles. The van der Waals surface area contributed by atoms with E-state index in [9.17, 15) is 9.59 Å². The monoisotopic (exact) mass is 488 g/mol. The fraction of sp³-hybridized carbons (Fsp3) is 0.333. The van der Waals surface area contributed by atoms with E-state index in [1.165, 1.54) is 0 Å². The minimum absolute atomic E-state index is 0.169. The van der Waals surface area contributed by atoms with E-state index in [2.05, 4.69) is 5.32 Å². The van der Waals surface area contributed by atoms with Crippen molar-refractivity contribution < 1.29 is 19.1 Å². The van der Waals surface area contributed by atoms with Gasteiger partial charge in [-0.05, 0) is 47.7 Å². The van der Waals surface area contributed by atoms with Crippen LogP contribution in [0.3, 0.4) is 0 Å². The standard InChI is InChI=1S/C30H36N2O4/c1-22(2)19-31-30(34)27(18-24-12-6-5-7-13-24)32(20-25-14-10-15-26(17-25)35-4)29(33)21-36-28-16-9-8-11-23(28)3/h5-17,22,27H,18-21H2,1-4H3,(H,31,34). The number of benzene rings is 3. The number of rotatable bonds is 12. The van der Waals surface area contributed by atoms with Crippen LogP contribution < -0.4 is 14.8 Å². The van der Waals surface area contributed by atoms with Gasteiger partial charge < -0.3 is 19.7 Å². The molecule has 6 nitrogen and oxygen atoms in total. The van der Waals surface area contributed by atoms with Crippen molar-refractivity contribution in [1.29, 1.82) is 0 Å². The molecule has 0 saturated heterocycles. The van der Waals surface area contributed by atoms with Gasteiger partial charge in [0, 0.05) is 19.5 Å². The van der Waals surface area contributed by atoms with Crippen molar-refractivity contribution in [1.82, 2.24) is 10.2 Å². The van der Waals surface area contributed by atoms with E-state index in [0.29, 0.717) is 30.4 Å². The molecular formula is C30H36N2O4. The number of nitrogens with zero attached hydrogens (tertiary/aromatic N) is 1. The summed E-state index contributed by atoms with van der Waals surface area (Å²) < 4.78 is 11.3. The highest BCUT2D eigenvalue weighted by molar-refractivity contribution is 5.88. The molecule has 0 spiro atoms. The van der Waals surface area contributed by atoms with Gasteiger partial charge in [0.2, 0.25) is 5.91 Å². The maximum absolute atomic E-state index is 13.7. The Kier molecular flexibility index (Phi) is 9.92. The van der Waals surface area contributed by atoms with Crippen LogP contribution in [0.1, 0.15) is 30.5 Å². The van der Waals surface area contributed by atoms with E-state index in [0.717, 1.165) is 16.7 Å². The van der Waals surface area contributed by atoms with Gasteiger partial charge in [0.25, 0.3) is 5.91 Å². The molecule has 0 heterocycles. The summed E-state index contributed by atoms with van der Waals surface area (Å²) in [6, 6.07) is 24.2. The van der Waals surface area contributed by atoms with E-state index in [1.54, 1.807) is 12.0 Å². The van der Waals surface area contributed by atoms with Crippen molar-refractivity contribution in [3.05, 3.63) is 95.6 Å². The summed E-state index contributed by atoms with van der Waals surface area (Å²) in [4.78, 5) is 28.7. The second-order valence-electron chi connectivity index (χ2n) is 9.27. The minimum atomic E-state index is -0.703. The maximum Gasteiger partial charge on any atom is 0.261 e. The van der Waals surface area contributed by atoms with Crippen LogP contribution in [0.2, 0.25) is 0 Å². The van der Waals surface area contributed by atoms with E-state index in [1.807, 2.05) is 99.6 Å². The molecule has 2 amide bonds. The second kappa shape index (κ2) is 13.3. The molecule has 0 radical (unpaired) electrons. The molecule has 0 aliphatic rings. The Morgan fingerprint density at radius 3 is 2.31 bits per heavy atom. The largest absolute Gasteiger partial charge is 0.497 e. The fourth-order valence-corrected chi connectivity index (χ4v) is 3.88. The van der Waals surface area contributed by atoms with Gasteiger partial charge in [-0.1, -0.05) is 74.5 Å². The average Bonchev–Trinajstić information content (AvgIpc) is 2.89. The van der Waals surface area contributed by atoms with E-state index in [-0.39, 0.29) is 25.0 Å². The number of ether oxygens (including phenoxy) is 2. The van der Waals surface area contributed by atoms with Crippen LogP contribution in [0.5, 0.6) is 11.5 Å². The average molecular weight is 489 g/mol. The van der Waals surface area contributed by atoms with Crippen molar-refractivity contribution in [3.63, 3.8) is 0 Å². The molecule has 3 rings (SSSR count). The topological polar surface area (TPSA) is 67.9 Å². The van der Waals surface area contributed by atoms with E-state index in [4.69, 9.17) is 9.47 Å². The Balaban J connectivity index is 1.92. The number of nitrogens with one attached hydrogen (secondary N) is 1.